The molecule has 0 aliphatic heterocycles. The summed E-state index contributed by atoms with van der Waals surface area (Å²) < 4.78 is 1.62. The van der Waals surface area contributed by atoms with Crippen LogP contribution in [0.4, 0.5) is 4.79 Å². The standard InChI is InChI=1S/C16H19Cl2N5O2S/c1-9-4-2-3-5-12(9)19-15(25)20-13(24)8-26-16-22-21-14-11(18)6-10(17)7-23(14)16/h6-7,9,12H,2-5,8H2,1H3,(H2,19,20,24,25)/t9-,12+/m1/s1. The molecule has 3 amide bonds. The number of hydrogen-bond acceptors (Lipinski definition) is 5. The molecule has 2 N–H and O–H groups in total. The average Bonchev–Trinajstić information content (AvgIpc) is 2.98. The highest BCUT2D eigenvalue weighted by Crippen LogP contribution is 2.25. The lowest BCUT2D eigenvalue weighted by atomic mass is 9.86. The minimum absolute atomic E-state index is 0.0264. The molecule has 2 heterocycles. The van der Waals surface area contributed by atoms with Gasteiger partial charge in [0.15, 0.2) is 10.8 Å². The van der Waals surface area contributed by atoms with E-state index in [4.69, 9.17) is 23.2 Å². The van der Waals surface area contributed by atoms with E-state index in [1.54, 1.807) is 16.7 Å². The normalized spacial score (nSPS) is 20.1. The molecule has 1 saturated carbocycles. The van der Waals surface area contributed by atoms with E-state index in [0.717, 1.165) is 31.0 Å². The van der Waals surface area contributed by atoms with Gasteiger partial charge in [-0.3, -0.25) is 14.5 Å². The fourth-order valence-electron chi connectivity index (χ4n) is 3.03. The molecule has 0 radical (unpaired) electrons. The lowest BCUT2D eigenvalue weighted by Gasteiger charge is -2.29. The van der Waals surface area contributed by atoms with Crippen molar-refractivity contribution < 1.29 is 9.59 Å². The van der Waals surface area contributed by atoms with Crippen molar-refractivity contribution in [2.45, 2.75) is 43.8 Å². The Morgan fingerprint density at radius 3 is 2.85 bits per heavy atom. The largest absolute Gasteiger partial charge is 0.335 e. The quantitative estimate of drug-likeness (QED) is 0.745. The third-order valence-electron chi connectivity index (χ3n) is 4.41. The van der Waals surface area contributed by atoms with Crippen molar-refractivity contribution >= 4 is 52.5 Å². The molecule has 7 nitrogen and oxygen atoms in total. The Labute approximate surface area is 165 Å². The summed E-state index contributed by atoms with van der Waals surface area (Å²) in [6.07, 6.45) is 5.96. The molecule has 0 unspecified atom stereocenters. The van der Waals surface area contributed by atoms with Gasteiger partial charge in [-0.15, -0.1) is 10.2 Å². The molecule has 1 aliphatic rings. The lowest BCUT2D eigenvalue weighted by Crippen LogP contribution is -2.48. The van der Waals surface area contributed by atoms with Gasteiger partial charge in [0.25, 0.3) is 0 Å². The first-order chi connectivity index (χ1) is 12.4. The summed E-state index contributed by atoms with van der Waals surface area (Å²) in [5, 5.41) is 14.5. The number of carbonyl (C=O) groups is 2. The van der Waals surface area contributed by atoms with Gasteiger partial charge in [-0.05, 0) is 24.8 Å². The number of pyridine rings is 1. The van der Waals surface area contributed by atoms with Gasteiger partial charge < -0.3 is 5.32 Å². The van der Waals surface area contributed by atoms with E-state index in [1.165, 1.54) is 6.42 Å². The number of aromatic nitrogens is 3. The molecule has 10 heteroatoms. The summed E-state index contributed by atoms with van der Waals surface area (Å²) >= 11 is 13.2. The molecular formula is C16H19Cl2N5O2S. The van der Waals surface area contributed by atoms with Crippen molar-refractivity contribution in [3.05, 3.63) is 22.3 Å². The molecule has 1 fully saturated rings. The Hall–Kier alpha value is -1.51. The van der Waals surface area contributed by atoms with E-state index in [-0.39, 0.29) is 11.8 Å². The second-order valence-electron chi connectivity index (χ2n) is 6.36. The highest BCUT2D eigenvalue weighted by molar-refractivity contribution is 7.99. The van der Waals surface area contributed by atoms with E-state index in [2.05, 4.69) is 27.8 Å². The molecule has 0 spiro atoms. The second kappa shape index (κ2) is 8.45. The molecule has 1 aliphatic carbocycles. The molecule has 0 saturated heterocycles. The van der Waals surface area contributed by atoms with Crippen LogP contribution in [-0.2, 0) is 4.79 Å². The number of amides is 3. The van der Waals surface area contributed by atoms with Crippen molar-refractivity contribution in [2.24, 2.45) is 5.92 Å². The van der Waals surface area contributed by atoms with Gasteiger partial charge in [-0.1, -0.05) is 54.7 Å². The fourth-order valence-corrected chi connectivity index (χ4v) is 4.25. The SMILES string of the molecule is C[C@@H]1CCCC[C@@H]1NC(=O)NC(=O)CSc1nnc2c(Cl)cc(Cl)cn12. The lowest BCUT2D eigenvalue weighted by molar-refractivity contribution is -0.117. The molecule has 0 bridgehead atoms. The van der Waals surface area contributed by atoms with E-state index >= 15 is 0 Å². The summed E-state index contributed by atoms with van der Waals surface area (Å²) in [6, 6.07) is 1.24. The summed E-state index contributed by atoms with van der Waals surface area (Å²) in [7, 11) is 0. The summed E-state index contributed by atoms with van der Waals surface area (Å²) in [6.45, 7) is 2.12. The van der Waals surface area contributed by atoms with Crippen LogP contribution >= 0.6 is 35.0 Å². The van der Waals surface area contributed by atoms with Gasteiger partial charge in [0.2, 0.25) is 5.91 Å². The Bertz CT molecular complexity index is 828. The van der Waals surface area contributed by atoms with Gasteiger partial charge in [0.1, 0.15) is 0 Å². The molecule has 0 aromatic carbocycles. The average molecular weight is 416 g/mol. The van der Waals surface area contributed by atoms with Crippen LogP contribution in [0.25, 0.3) is 5.65 Å². The van der Waals surface area contributed by atoms with Crippen LogP contribution in [0.3, 0.4) is 0 Å². The number of halogens is 2. The first-order valence-electron chi connectivity index (χ1n) is 8.37. The zero-order valence-corrected chi connectivity index (χ0v) is 16.5. The van der Waals surface area contributed by atoms with Crippen LogP contribution in [0.2, 0.25) is 10.0 Å². The first kappa shape index (κ1) is 19.3. The van der Waals surface area contributed by atoms with Crippen LogP contribution in [-0.4, -0.2) is 38.3 Å². The highest BCUT2D eigenvalue weighted by Gasteiger charge is 2.23. The van der Waals surface area contributed by atoms with E-state index in [1.807, 2.05) is 0 Å². The minimum Gasteiger partial charge on any atom is -0.335 e. The predicted molar refractivity (Wildman–Crippen MR) is 102 cm³/mol. The maximum atomic E-state index is 12.0. The summed E-state index contributed by atoms with van der Waals surface area (Å²) in [4.78, 5) is 24.0. The van der Waals surface area contributed by atoms with Gasteiger partial charge >= 0.3 is 6.03 Å². The number of thioether (sulfide) groups is 1. The first-order valence-corrected chi connectivity index (χ1v) is 10.1. The molecular weight excluding hydrogens is 397 g/mol. The number of rotatable bonds is 4. The van der Waals surface area contributed by atoms with Crippen LogP contribution < -0.4 is 10.6 Å². The fraction of sp³-hybridized carbons (Fsp3) is 0.500. The Morgan fingerprint density at radius 1 is 1.31 bits per heavy atom. The molecule has 3 rings (SSSR count). The predicted octanol–water partition coefficient (Wildman–Crippen LogP) is 3.53. The summed E-state index contributed by atoms with van der Waals surface area (Å²) in [5.74, 6) is 0.0510. The second-order valence-corrected chi connectivity index (χ2v) is 8.15. The van der Waals surface area contributed by atoms with Crippen LogP contribution in [0, 0.1) is 5.92 Å². The Balaban J connectivity index is 1.53. The van der Waals surface area contributed by atoms with Crippen molar-refractivity contribution in [3.63, 3.8) is 0 Å². The third kappa shape index (κ3) is 4.61. The highest BCUT2D eigenvalue weighted by atomic mass is 35.5. The topological polar surface area (TPSA) is 88.4 Å². The molecule has 140 valence electrons. The Morgan fingerprint density at radius 2 is 2.08 bits per heavy atom. The minimum atomic E-state index is -0.452. The number of imide groups is 1. The maximum Gasteiger partial charge on any atom is 0.321 e. The van der Waals surface area contributed by atoms with Crippen LogP contribution in [0.5, 0.6) is 0 Å². The van der Waals surface area contributed by atoms with Crippen LogP contribution in [0.1, 0.15) is 32.6 Å². The van der Waals surface area contributed by atoms with Gasteiger partial charge in [0.05, 0.1) is 15.8 Å². The number of carbonyl (C=O) groups excluding carboxylic acids is 2. The smallest absolute Gasteiger partial charge is 0.321 e. The number of nitrogens with zero attached hydrogens (tertiary/aromatic N) is 3. The number of hydrogen-bond donors (Lipinski definition) is 2. The number of nitrogens with one attached hydrogen (secondary N) is 2. The molecule has 2 atom stereocenters. The zero-order valence-electron chi connectivity index (χ0n) is 14.2. The van der Waals surface area contributed by atoms with Gasteiger partial charge in [0, 0.05) is 12.2 Å². The maximum absolute atomic E-state index is 12.0. The van der Waals surface area contributed by atoms with E-state index in [9.17, 15) is 9.59 Å². The van der Waals surface area contributed by atoms with E-state index in [0.29, 0.717) is 26.8 Å². The number of fused-ring (bicyclic) bond motifs is 1. The molecule has 2 aromatic rings. The molecule has 2 aromatic heterocycles. The van der Waals surface area contributed by atoms with Crippen molar-refractivity contribution in [1.29, 1.82) is 0 Å². The van der Waals surface area contributed by atoms with E-state index < -0.39 is 11.9 Å². The van der Waals surface area contributed by atoms with Crippen LogP contribution in [0.15, 0.2) is 17.4 Å². The van der Waals surface area contributed by atoms with Gasteiger partial charge in [-0.25, -0.2) is 4.79 Å². The third-order valence-corrected chi connectivity index (χ3v) is 5.84. The van der Waals surface area contributed by atoms with Crippen molar-refractivity contribution in [3.8, 4) is 0 Å². The van der Waals surface area contributed by atoms with Gasteiger partial charge in [-0.2, -0.15) is 0 Å². The summed E-state index contributed by atoms with van der Waals surface area (Å²) in [5.41, 5.74) is 0.461. The van der Waals surface area contributed by atoms with Crippen molar-refractivity contribution in [1.82, 2.24) is 25.2 Å². The monoisotopic (exact) mass is 415 g/mol. The number of urea groups is 1. The Kier molecular flexibility index (Phi) is 6.26. The molecule has 26 heavy (non-hydrogen) atoms. The van der Waals surface area contributed by atoms with Crippen molar-refractivity contribution in [2.75, 3.05) is 5.75 Å². The zero-order chi connectivity index (χ0) is 18.7.